The van der Waals surface area contributed by atoms with Crippen molar-refractivity contribution in [2.24, 2.45) is 0 Å². The van der Waals surface area contributed by atoms with Crippen molar-refractivity contribution < 1.29 is 32.2 Å². The predicted molar refractivity (Wildman–Crippen MR) is 85.7 cm³/mol. The Morgan fingerprint density at radius 2 is 1.96 bits per heavy atom. The summed E-state index contributed by atoms with van der Waals surface area (Å²) in [6.07, 6.45) is -4.72. The van der Waals surface area contributed by atoms with Crippen LogP contribution in [0.25, 0.3) is 0 Å². The number of hydrogen-bond acceptors (Lipinski definition) is 4. The summed E-state index contributed by atoms with van der Waals surface area (Å²) in [5.74, 6) is -1.44. The molecule has 1 heterocycles. The molecule has 1 aromatic carbocycles. The van der Waals surface area contributed by atoms with E-state index in [0.717, 1.165) is 0 Å². The molecule has 1 aliphatic heterocycles. The number of halogens is 3. The minimum absolute atomic E-state index is 0.184. The topological polar surface area (TPSA) is 48.0 Å². The van der Waals surface area contributed by atoms with Gasteiger partial charge in [0.15, 0.2) is 6.29 Å². The van der Waals surface area contributed by atoms with Gasteiger partial charge in [-0.2, -0.15) is 13.2 Å². The third-order valence-electron chi connectivity index (χ3n) is 3.75. The number of rotatable bonds is 7. The average molecular weight is 361 g/mol. The first-order valence-corrected chi connectivity index (χ1v) is 8.25. The highest BCUT2D eigenvalue weighted by Gasteiger charge is 2.44. The Morgan fingerprint density at radius 3 is 2.56 bits per heavy atom. The number of anilines is 1. The maximum absolute atomic E-state index is 13.1. The number of benzene rings is 1. The van der Waals surface area contributed by atoms with Gasteiger partial charge in [-0.1, -0.05) is 6.07 Å². The zero-order chi connectivity index (χ0) is 18.4. The van der Waals surface area contributed by atoms with Gasteiger partial charge in [0.05, 0.1) is 18.8 Å². The molecule has 0 saturated carbocycles. The van der Waals surface area contributed by atoms with Gasteiger partial charge in [0.25, 0.3) is 0 Å². The third kappa shape index (κ3) is 4.85. The van der Waals surface area contributed by atoms with Gasteiger partial charge < -0.3 is 14.2 Å². The van der Waals surface area contributed by atoms with Crippen molar-refractivity contribution in [3.63, 3.8) is 0 Å². The zero-order valence-electron chi connectivity index (χ0n) is 14.3. The number of nitrogens with zero attached hydrogens (tertiary/aromatic N) is 1. The maximum atomic E-state index is 13.1. The van der Waals surface area contributed by atoms with E-state index in [-0.39, 0.29) is 25.4 Å². The van der Waals surface area contributed by atoms with E-state index in [2.05, 4.69) is 0 Å². The Bertz CT molecular complexity index is 586. The van der Waals surface area contributed by atoms with Crippen LogP contribution < -0.4 is 9.64 Å². The molecule has 25 heavy (non-hydrogen) atoms. The molecule has 140 valence electrons. The van der Waals surface area contributed by atoms with Gasteiger partial charge in [-0.05, 0) is 38.8 Å². The van der Waals surface area contributed by atoms with Crippen LogP contribution in [0.3, 0.4) is 0 Å². The molecule has 0 saturated heterocycles. The van der Waals surface area contributed by atoms with Gasteiger partial charge in [0, 0.05) is 18.8 Å². The second-order valence-electron chi connectivity index (χ2n) is 5.46. The fraction of sp³-hybridized carbons (Fsp3) is 0.588. The monoisotopic (exact) mass is 361 g/mol. The lowest BCUT2D eigenvalue weighted by Crippen LogP contribution is -2.46. The molecular formula is C17H22F3NO4. The van der Waals surface area contributed by atoms with Crippen LogP contribution in [-0.2, 0) is 20.7 Å². The Hall–Kier alpha value is -1.80. The smallest absolute Gasteiger partial charge is 0.471 e. The summed E-state index contributed by atoms with van der Waals surface area (Å²) in [4.78, 5) is 12.7. The summed E-state index contributed by atoms with van der Waals surface area (Å²) < 4.78 is 55.6. The van der Waals surface area contributed by atoms with Crippen molar-refractivity contribution in [3.8, 4) is 5.75 Å². The van der Waals surface area contributed by atoms with Crippen molar-refractivity contribution in [3.05, 3.63) is 23.8 Å². The highest BCUT2D eigenvalue weighted by molar-refractivity contribution is 5.98. The maximum Gasteiger partial charge on any atom is 0.471 e. The highest BCUT2D eigenvalue weighted by Crippen LogP contribution is 2.35. The highest BCUT2D eigenvalue weighted by atomic mass is 19.4. The number of fused-ring (bicyclic) bond motifs is 1. The zero-order valence-corrected chi connectivity index (χ0v) is 14.3. The lowest BCUT2D eigenvalue weighted by molar-refractivity contribution is -0.173. The van der Waals surface area contributed by atoms with E-state index in [1.165, 1.54) is 6.07 Å². The first-order chi connectivity index (χ1) is 11.9. The minimum atomic E-state index is -5.00. The van der Waals surface area contributed by atoms with Crippen LogP contribution in [0.5, 0.6) is 5.75 Å². The van der Waals surface area contributed by atoms with E-state index in [1.54, 1.807) is 26.0 Å². The lowest BCUT2D eigenvalue weighted by atomic mass is 10.0. The standard InChI is InChI=1S/C17H22F3NO4/c1-3-23-15(24-4-2)11-21(16(22)17(18,19)20)13-8-5-9-14-12(13)7-6-10-25-14/h5,8-9,15H,3-4,6-7,10-11H2,1-2H3. The molecule has 1 amide bonds. The van der Waals surface area contributed by atoms with Crippen molar-refractivity contribution in [1.29, 1.82) is 0 Å². The van der Waals surface area contributed by atoms with E-state index < -0.39 is 18.4 Å². The Kier molecular flexibility index (Phi) is 6.66. The van der Waals surface area contributed by atoms with Crippen molar-refractivity contribution in [2.75, 3.05) is 31.3 Å². The molecule has 0 spiro atoms. The average Bonchev–Trinajstić information content (AvgIpc) is 2.58. The van der Waals surface area contributed by atoms with Gasteiger partial charge in [-0.3, -0.25) is 9.69 Å². The molecule has 1 aliphatic rings. The molecule has 2 rings (SSSR count). The summed E-state index contributed by atoms with van der Waals surface area (Å²) in [5, 5.41) is 0. The van der Waals surface area contributed by atoms with Crippen molar-refractivity contribution >= 4 is 11.6 Å². The fourth-order valence-electron chi connectivity index (χ4n) is 2.74. The van der Waals surface area contributed by atoms with Gasteiger partial charge in [0.2, 0.25) is 0 Å². The number of amides is 1. The predicted octanol–water partition coefficient (Wildman–Crippen LogP) is 3.31. The molecule has 0 aliphatic carbocycles. The van der Waals surface area contributed by atoms with Crippen LogP contribution in [-0.4, -0.2) is 44.7 Å². The summed E-state index contributed by atoms with van der Waals surface area (Å²) in [7, 11) is 0. The van der Waals surface area contributed by atoms with Crippen LogP contribution in [0, 0.1) is 0 Å². The summed E-state index contributed by atoms with van der Waals surface area (Å²) >= 11 is 0. The molecular weight excluding hydrogens is 339 g/mol. The number of carbonyl (C=O) groups excluding carboxylic acids is 1. The van der Waals surface area contributed by atoms with E-state index in [4.69, 9.17) is 14.2 Å². The summed E-state index contributed by atoms with van der Waals surface area (Å²) in [5.41, 5.74) is 0.780. The van der Waals surface area contributed by atoms with E-state index in [1.807, 2.05) is 0 Å². The van der Waals surface area contributed by atoms with Gasteiger partial charge in [-0.15, -0.1) is 0 Å². The molecule has 0 aromatic heterocycles. The van der Waals surface area contributed by atoms with Crippen LogP contribution in [0.4, 0.5) is 18.9 Å². The van der Waals surface area contributed by atoms with Gasteiger partial charge >= 0.3 is 12.1 Å². The Morgan fingerprint density at radius 1 is 1.28 bits per heavy atom. The molecule has 0 atom stereocenters. The number of hydrogen-bond donors (Lipinski definition) is 0. The molecule has 0 unspecified atom stereocenters. The first-order valence-electron chi connectivity index (χ1n) is 8.25. The lowest BCUT2D eigenvalue weighted by Gasteiger charge is -2.31. The normalized spacial score (nSPS) is 14.2. The van der Waals surface area contributed by atoms with Crippen LogP contribution in [0.2, 0.25) is 0 Å². The SMILES string of the molecule is CCOC(CN(C(=O)C(F)(F)F)c1cccc2c1CCCO2)OCC. The molecule has 5 nitrogen and oxygen atoms in total. The van der Waals surface area contributed by atoms with Gasteiger partial charge in [-0.25, -0.2) is 0 Å². The molecule has 1 aromatic rings. The number of carbonyl (C=O) groups is 1. The second kappa shape index (κ2) is 8.53. The minimum Gasteiger partial charge on any atom is -0.493 e. The Balaban J connectivity index is 2.40. The van der Waals surface area contributed by atoms with Crippen LogP contribution in [0.1, 0.15) is 25.8 Å². The first kappa shape index (κ1) is 19.5. The largest absolute Gasteiger partial charge is 0.493 e. The Labute approximate surface area is 144 Å². The van der Waals surface area contributed by atoms with Crippen molar-refractivity contribution in [1.82, 2.24) is 0 Å². The van der Waals surface area contributed by atoms with Gasteiger partial charge in [0.1, 0.15) is 5.75 Å². The second-order valence-corrected chi connectivity index (χ2v) is 5.46. The van der Waals surface area contributed by atoms with Crippen molar-refractivity contribution in [2.45, 2.75) is 39.2 Å². The molecule has 0 N–H and O–H groups in total. The van der Waals surface area contributed by atoms with E-state index in [9.17, 15) is 18.0 Å². The molecule has 8 heteroatoms. The molecule has 0 fully saturated rings. The van der Waals surface area contributed by atoms with Crippen LogP contribution >= 0.6 is 0 Å². The molecule has 0 radical (unpaired) electrons. The summed E-state index contributed by atoms with van der Waals surface area (Å²) in [6, 6.07) is 4.76. The number of ether oxygens (including phenoxy) is 3. The quantitative estimate of drug-likeness (QED) is 0.699. The van der Waals surface area contributed by atoms with E-state index >= 15 is 0 Å². The number of alkyl halides is 3. The third-order valence-corrected chi connectivity index (χ3v) is 3.75. The summed E-state index contributed by atoms with van der Waals surface area (Å²) in [6.45, 7) is 4.09. The van der Waals surface area contributed by atoms with Crippen LogP contribution in [0.15, 0.2) is 18.2 Å². The molecule has 0 bridgehead atoms. The fourth-order valence-corrected chi connectivity index (χ4v) is 2.74. The van der Waals surface area contributed by atoms with E-state index in [0.29, 0.717) is 35.7 Å².